The van der Waals surface area contributed by atoms with E-state index < -0.39 is 31.1 Å². The molecule has 0 radical (unpaired) electrons. The topological polar surface area (TPSA) is 40.6 Å². The van der Waals surface area contributed by atoms with Crippen molar-refractivity contribution in [1.29, 1.82) is 0 Å². The van der Waals surface area contributed by atoms with Gasteiger partial charge in [0.1, 0.15) is 6.54 Å². The molecule has 1 aromatic heterocycles. The van der Waals surface area contributed by atoms with Crippen molar-refractivity contribution in [1.82, 2.24) is 9.80 Å². The fraction of sp³-hybridized carbons (Fsp3) is 0.385. The van der Waals surface area contributed by atoms with E-state index in [1.165, 1.54) is 24.5 Å². The fourth-order valence-electron chi connectivity index (χ4n) is 1.62. The molecule has 0 atom stereocenters. The molecule has 0 aliphatic rings. The van der Waals surface area contributed by atoms with Crippen molar-refractivity contribution in [3.8, 4) is 0 Å². The summed E-state index contributed by atoms with van der Waals surface area (Å²) in [7, 11) is 1.37. The molecule has 9 heteroatoms. The van der Waals surface area contributed by atoms with Crippen LogP contribution in [0.15, 0.2) is 28.6 Å². The quantitative estimate of drug-likeness (QED) is 0.690. The summed E-state index contributed by atoms with van der Waals surface area (Å²) in [6.45, 7) is 1.30. The zero-order chi connectivity index (χ0) is 16.9. The van der Waals surface area contributed by atoms with Crippen molar-refractivity contribution in [2.45, 2.75) is 6.18 Å². The van der Waals surface area contributed by atoms with E-state index in [9.17, 15) is 22.8 Å². The second kappa shape index (κ2) is 7.77. The monoisotopic (exact) mass is 398 g/mol. The molecule has 0 N–H and O–H groups in total. The van der Waals surface area contributed by atoms with Crippen LogP contribution in [0, 0.1) is 0 Å². The van der Waals surface area contributed by atoms with Crippen molar-refractivity contribution >= 4 is 39.1 Å². The summed E-state index contributed by atoms with van der Waals surface area (Å²) < 4.78 is 38.1. The highest BCUT2D eigenvalue weighted by molar-refractivity contribution is 9.11. The molecule has 0 aromatic carbocycles. The van der Waals surface area contributed by atoms with E-state index in [0.717, 1.165) is 8.69 Å². The first kappa shape index (κ1) is 18.7. The molecule has 122 valence electrons. The van der Waals surface area contributed by atoms with E-state index in [1.54, 1.807) is 12.1 Å². The first-order valence-electron chi connectivity index (χ1n) is 6.10. The number of amides is 2. The molecule has 4 nitrogen and oxygen atoms in total. The Labute approximate surface area is 138 Å². The van der Waals surface area contributed by atoms with Gasteiger partial charge in [0.15, 0.2) is 0 Å². The van der Waals surface area contributed by atoms with E-state index in [2.05, 4.69) is 22.5 Å². The Hall–Kier alpha value is -1.35. The van der Waals surface area contributed by atoms with Gasteiger partial charge in [0, 0.05) is 13.6 Å². The maximum Gasteiger partial charge on any atom is 0.406 e. The van der Waals surface area contributed by atoms with Crippen LogP contribution in [0.4, 0.5) is 13.2 Å². The number of nitrogens with zero attached hydrogens (tertiary/aromatic N) is 2. The van der Waals surface area contributed by atoms with Crippen molar-refractivity contribution in [2.75, 3.05) is 26.7 Å². The van der Waals surface area contributed by atoms with Gasteiger partial charge in [0.05, 0.1) is 15.2 Å². The highest BCUT2D eigenvalue weighted by Gasteiger charge is 2.33. The predicted octanol–water partition coefficient (Wildman–Crippen LogP) is 3.16. The van der Waals surface area contributed by atoms with Crippen LogP contribution in [-0.4, -0.2) is 54.5 Å². The molecule has 0 unspecified atom stereocenters. The molecular formula is C13H14BrF3N2O2S. The van der Waals surface area contributed by atoms with Gasteiger partial charge in [0.25, 0.3) is 5.91 Å². The smallest absolute Gasteiger partial charge is 0.332 e. The Bertz CT molecular complexity index is 560. The summed E-state index contributed by atoms with van der Waals surface area (Å²) in [6.07, 6.45) is -3.29. The number of rotatable bonds is 6. The molecule has 0 spiro atoms. The second-order valence-electron chi connectivity index (χ2n) is 4.44. The summed E-state index contributed by atoms with van der Waals surface area (Å²) in [6, 6.07) is 3.26. The molecule has 0 aliphatic heterocycles. The van der Waals surface area contributed by atoms with E-state index in [-0.39, 0.29) is 6.54 Å². The molecular weight excluding hydrogens is 385 g/mol. The van der Waals surface area contributed by atoms with Crippen LogP contribution >= 0.6 is 27.3 Å². The van der Waals surface area contributed by atoms with Gasteiger partial charge in [-0.05, 0) is 28.1 Å². The average Bonchev–Trinajstić information content (AvgIpc) is 2.82. The number of carbonyl (C=O) groups is 2. The average molecular weight is 399 g/mol. The number of carbonyl (C=O) groups excluding carboxylic acids is 2. The molecule has 22 heavy (non-hydrogen) atoms. The first-order valence-corrected chi connectivity index (χ1v) is 7.71. The van der Waals surface area contributed by atoms with Gasteiger partial charge in [0.2, 0.25) is 5.91 Å². The normalized spacial score (nSPS) is 11.1. The maximum atomic E-state index is 12.4. The molecule has 1 heterocycles. The number of thiophene rings is 1. The van der Waals surface area contributed by atoms with Crippen LogP contribution in [0.1, 0.15) is 9.67 Å². The van der Waals surface area contributed by atoms with Crippen LogP contribution < -0.4 is 0 Å². The van der Waals surface area contributed by atoms with Gasteiger partial charge in [-0.25, -0.2) is 0 Å². The summed E-state index contributed by atoms with van der Waals surface area (Å²) in [4.78, 5) is 26.1. The van der Waals surface area contributed by atoms with E-state index >= 15 is 0 Å². The number of likely N-dealkylation sites (N-methyl/N-ethyl adjacent to an activating group) is 1. The Balaban J connectivity index is 2.71. The van der Waals surface area contributed by atoms with Gasteiger partial charge < -0.3 is 9.80 Å². The Kier molecular flexibility index (Phi) is 6.61. The van der Waals surface area contributed by atoms with E-state index in [0.29, 0.717) is 9.78 Å². The van der Waals surface area contributed by atoms with Crippen molar-refractivity contribution in [3.63, 3.8) is 0 Å². The van der Waals surface area contributed by atoms with Gasteiger partial charge >= 0.3 is 6.18 Å². The fourth-order valence-corrected chi connectivity index (χ4v) is 3.00. The lowest BCUT2D eigenvalue weighted by Crippen LogP contribution is -2.44. The lowest BCUT2D eigenvalue weighted by Gasteiger charge is -2.25. The highest BCUT2D eigenvalue weighted by Crippen LogP contribution is 2.23. The molecule has 0 aliphatic carbocycles. The third-order valence-corrected chi connectivity index (χ3v) is 4.19. The lowest BCUT2D eigenvalue weighted by molar-refractivity contribution is -0.160. The van der Waals surface area contributed by atoms with Crippen LogP contribution in [0.2, 0.25) is 0 Å². The standard InChI is InChI=1S/C13H14BrF3N2O2S/c1-3-6-19(8-13(15,16)17)11(20)7-18(2)12(21)9-4-5-10(14)22-9/h3-5H,1,6-8H2,2H3. The summed E-state index contributed by atoms with van der Waals surface area (Å²) in [5.41, 5.74) is 0. The predicted molar refractivity (Wildman–Crippen MR) is 81.8 cm³/mol. The first-order chi connectivity index (χ1) is 10.1. The number of halogens is 4. The van der Waals surface area contributed by atoms with E-state index in [1.807, 2.05) is 0 Å². The minimum absolute atomic E-state index is 0.231. The molecule has 0 bridgehead atoms. The van der Waals surface area contributed by atoms with Crippen molar-refractivity contribution < 1.29 is 22.8 Å². The maximum absolute atomic E-state index is 12.4. The third-order valence-electron chi connectivity index (χ3n) is 2.58. The number of hydrogen-bond acceptors (Lipinski definition) is 3. The van der Waals surface area contributed by atoms with Crippen molar-refractivity contribution in [2.24, 2.45) is 0 Å². The van der Waals surface area contributed by atoms with Crippen molar-refractivity contribution in [3.05, 3.63) is 33.5 Å². The summed E-state index contributed by atoms with van der Waals surface area (Å²) in [5.74, 6) is -1.21. The largest absolute Gasteiger partial charge is 0.406 e. The summed E-state index contributed by atoms with van der Waals surface area (Å²) >= 11 is 4.40. The minimum atomic E-state index is -4.50. The number of alkyl halides is 3. The Morgan fingerprint density at radius 2 is 2.05 bits per heavy atom. The second-order valence-corrected chi connectivity index (χ2v) is 6.91. The van der Waals surface area contributed by atoms with Crippen LogP contribution in [0.3, 0.4) is 0 Å². The highest BCUT2D eigenvalue weighted by atomic mass is 79.9. The molecule has 0 saturated carbocycles. The Morgan fingerprint density at radius 1 is 1.41 bits per heavy atom. The van der Waals surface area contributed by atoms with Crippen LogP contribution in [0.25, 0.3) is 0 Å². The van der Waals surface area contributed by atoms with Gasteiger partial charge in [-0.2, -0.15) is 13.2 Å². The zero-order valence-corrected chi connectivity index (χ0v) is 14.1. The summed E-state index contributed by atoms with van der Waals surface area (Å²) in [5, 5.41) is 0. The Morgan fingerprint density at radius 3 is 2.50 bits per heavy atom. The van der Waals surface area contributed by atoms with Gasteiger partial charge in [-0.3, -0.25) is 9.59 Å². The molecule has 1 rings (SSSR count). The number of hydrogen-bond donors (Lipinski definition) is 0. The molecule has 0 fully saturated rings. The van der Waals surface area contributed by atoms with Gasteiger partial charge in [-0.1, -0.05) is 6.08 Å². The van der Waals surface area contributed by atoms with Crippen LogP contribution in [-0.2, 0) is 4.79 Å². The van der Waals surface area contributed by atoms with Gasteiger partial charge in [-0.15, -0.1) is 17.9 Å². The SMILES string of the molecule is C=CCN(CC(F)(F)F)C(=O)CN(C)C(=O)c1ccc(Br)s1. The van der Waals surface area contributed by atoms with Crippen LogP contribution in [0.5, 0.6) is 0 Å². The lowest BCUT2D eigenvalue weighted by atomic mass is 10.3. The molecule has 2 amide bonds. The zero-order valence-electron chi connectivity index (χ0n) is 11.7. The molecule has 1 aromatic rings. The third kappa shape index (κ3) is 5.80. The van der Waals surface area contributed by atoms with E-state index in [4.69, 9.17) is 0 Å². The minimum Gasteiger partial charge on any atom is -0.332 e. The molecule has 0 saturated heterocycles.